The molecule has 1 aliphatic carbocycles. The molecule has 2 heterocycles. The van der Waals surface area contributed by atoms with E-state index >= 15 is 0 Å². The molecule has 1 fully saturated rings. The molecular weight excluding hydrogens is 368 g/mol. The molecule has 3 aromatic rings. The molecule has 2 aromatic heterocycles. The molecule has 28 heavy (non-hydrogen) atoms. The van der Waals surface area contributed by atoms with E-state index in [1.807, 2.05) is 18.2 Å². The lowest BCUT2D eigenvalue weighted by molar-refractivity contribution is 0.720. The van der Waals surface area contributed by atoms with Crippen molar-refractivity contribution in [2.75, 3.05) is 0 Å². The van der Waals surface area contributed by atoms with Crippen LogP contribution in [0.25, 0.3) is 11.1 Å². The lowest BCUT2D eigenvalue weighted by Gasteiger charge is -2.12. The zero-order valence-electron chi connectivity index (χ0n) is 15.5. The van der Waals surface area contributed by atoms with Gasteiger partial charge < -0.3 is 4.57 Å². The van der Waals surface area contributed by atoms with Crippen LogP contribution in [-0.2, 0) is 6.54 Å². The lowest BCUT2D eigenvalue weighted by atomic mass is 9.99. The second-order valence-electron chi connectivity index (χ2n) is 7.18. The number of benzene rings is 1. The van der Waals surface area contributed by atoms with E-state index in [4.69, 9.17) is 16.9 Å². The van der Waals surface area contributed by atoms with Gasteiger partial charge in [0.05, 0.1) is 17.2 Å². The van der Waals surface area contributed by atoms with Crippen LogP contribution in [0.15, 0.2) is 36.5 Å². The van der Waals surface area contributed by atoms with E-state index in [-0.39, 0.29) is 0 Å². The van der Waals surface area contributed by atoms with Gasteiger partial charge in [-0.05, 0) is 61.6 Å². The van der Waals surface area contributed by atoms with Crippen molar-refractivity contribution in [3.05, 3.63) is 82.2 Å². The molecule has 4 nitrogen and oxygen atoms in total. The smallest absolute Gasteiger partial charge is 0.132 e. The van der Waals surface area contributed by atoms with Crippen molar-refractivity contribution in [3.8, 4) is 23.3 Å². The van der Waals surface area contributed by atoms with Crippen molar-refractivity contribution in [1.29, 1.82) is 10.5 Å². The normalized spacial score (nSPS) is 13.2. The van der Waals surface area contributed by atoms with E-state index < -0.39 is 0 Å². The Kier molecular flexibility index (Phi) is 4.67. The first kappa shape index (κ1) is 18.3. The number of rotatable bonds is 4. The van der Waals surface area contributed by atoms with Gasteiger partial charge in [0.1, 0.15) is 11.2 Å². The van der Waals surface area contributed by atoms with Gasteiger partial charge in [-0.25, -0.2) is 4.98 Å². The minimum absolute atomic E-state index is 0.409. The second-order valence-corrected chi connectivity index (χ2v) is 7.53. The molecular formula is C23H18ClN4. The molecule has 1 aromatic carbocycles. The van der Waals surface area contributed by atoms with E-state index in [2.05, 4.69) is 35.5 Å². The van der Waals surface area contributed by atoms with Gasteiger partial charge in [-0.3, -0.25) is 0 Å². The summed E-state index contributed by atoms with van der Waals surface area (Å²) in [6, 6.07) is 14.0. The zero-order valence-corrected chi connectivity index (χ0v) is 16.3. The van der Waals surface area contributed by atoms with Crippen LogP contribution in [-0.4, -0.2) is 9.55 Å². The zero-order chi connectivity index (χ0) is 19.8. The third-order valence-electron chi connectivity index (χ3n) is 5.25. The van der Waals surface area contributed by atoms with Gasteiger partial charge in [-0.15, -0.1) is 0 Å². The number of hydrogen-bond acceptors (Lipinski definition) is 3. The van der Waals surface area contributed by atoms with Gasteiger partial charge >= 0.3 is 0 Å². The average molecular weight is 386 g/mol. The molecule has 0 atom stereocenters. The van der Waals surface area contributed by atoms with Crippen molar-refractivity contribution in [2.45, 2.75) is 32.2 Å². The van der Waals surface area contributed by atoms with Crippen molar-refractivity contribution in [3.63, 3.8) is 0 Å². The van der Waals surface area contributed by atoms with Crippen LogP contribution in [0.4, 0.5) is 0 Å². The largest absolute Gasteiger partial charge is 0.342 e. The molecule has 0 aliphatic heterocycles. The van der Waals surface area contributed by atoms with Crippen LogP contribution in [0.5, 0.6) is 0 Å². The molecule has 0 saturated heterocycles. The summed E-state index contributed by atoms with van der Waals surface area (Å²) in [6.45, 7) is 6.61. The third kappa shape index (κ3) is 3.17. The summed E-state index contributed by atoms with van der Waals surface area (Å²) in [5, 5.41) is 19.4. The molecule has 1 radical (unpaired) electrons. The number of halogens is 1. The second kappa shape index (κ2) is 7.15. The van der Waals surface area contributed by atoms with Gasteiger partial charge in [0.2, 0.25) is 0 Å². The van der Waals surface area contributed by atoms with Gasteiger partial charge in [-0.1, -0.05) is 23.7 Å². The predicted molar refractivity (Wildman–Crippen MR) is 109 cm³/mol. The topological polar surface area (TPSA) is 65.4 Å². The van der Waals surface area contributed by atoms with Gasteiger partial charge in [0, 0.05) is 35.6 Å². The summed E-state index contributed by atoms with van der Waals surface area (Å²) in [7, 11) is 0. The molecule has 0 amide bonds. The Labute approximate surface area is 169 Å². The minimum Gasteiger partial charge on any atom is -0.342 e. The SMILES string of the molecule is [CH2]c1cc(Cn2c(C)c(-c3ccc(C#N)cc3)c(C#N)c2C2CC2)cnc1Cl. The summed E-state index contributed by atoms with van der Waals surface area (Å²) in [5.74, 6) is 0.417. The molecule has 0 N–H and O–H groups in total. The number of nitriles is 2. The fourth-order valence-corrected chi connectivity index (χ4v) is 3.84. The van der Waals surface area contributed by atoms with Gasteiger partial charge in [0.25, 0.3) is 0 Å². The summed E-state index contributed by atoms with van der Waals surface area (Å²) < 4.78 is 2.23. The highest BCUT2D eigenvalue weighted by Crippen LogP contribution is 2.46. The van der Waals surface area contributed by atoms with E-state index in [9.17, 15) is 5.26 Å². The molecule has 0 spiro atoms. The monoisotopic (exact) mass is 385 g/mol. The number of nitrogens with zero attached hydrogens (tertiary/aromatic N) is 4. The number of hydrogen-bond donors (Lipinski definition) is 0. The molecule has 4 rings (SSSR count). The Balaban J connectivity index is 1.86. The van der Waals surface area contributed by atoms with E-state index in [1.165, 1.54) is 0 Å². The maximum Gasteiger partial charge on any atom is 0.132 e. The van der Waals surface area contributed by atoms with Crippen LogP contribution >= 0.6 is 11.6 Å². The first-order valence-corrected chi connectivity index (χ1v) is 9.51. The van der Waals surface area contributed by atoms with Crippen molar-refractivity contribution in [2.24, 2.45) is 0 Å². The third-order valence-corrected chi connectivity index (χ3v) is 5.59. The van der Waals surface area contributed by atoms with Crippen molar-refractivity contribution < 1.29 is 0 Å². The van der Waals surface area contributed by atoms with E-state index in [0.29, 0.717) is 28.7 Å². The van der Waals surface area contributed by atoms with Gasteiger partial charge in [0.15, 0.2) is 0 Å². The van der Waals surface area contributed by atoms with Gasteiger partial charge in [-0.2, -0.15) is 10.5 Å². The van der Waals surface area contributed by atoms with E-state index in [0.717, 1.165) is 46.5 Å². The van der Waals surface area contributed by atoms with Crippen LogP contribution in [0, 0.1) is 36.5 Å². The van der Waals surface area contributed by atoms with Crippen molar-refractivity contribution in [1.82, 2.24) is 9.55 Å². The molecule has 1 saturated carbocycles. The van der Waals surface area contributed by atoms with Crippen LogP contribution < -0.4 is 0 Å². The van der Waals surface area contributed by atoms with E-state index in [1.54, 1.807) is 18.3 Å². The molecule has 0 bridgehead atoms. The highest BCUT2D eigenvalue weighted by Gasteiger charge is 2.33. The quantitative estimate of drug-likeness (QED) is 0.567. The Morgan fingerprint density at radius 1 is 1.21 bits per heavy atom. The predicted octanol–water partition coefficient (Wildman–Crippen LogP) is 5.36. The molecule has 5 heteroatoms. The maximum absolute atomic E-state index is 9.97. The highest BCUT2D eigenvalue weighted by molar-refractivity contribution is 6.30. The Morgan fingerprint density at radius 2 is 1.93 bits per heavy atom. The Bertz CT molecular complexity index is 1140. The fourth-order valence-electron chi connectivity index (χ4n) is 3.73. The standard InChI is InChI=1S/C23H18ClN4/c1-14-9-17(12-27-23(14)24)13-28-15(2)21(18-5-3-16(10-25)4-6-18)20(11-26)22(28)19-7-8-19/h3-6,9,12,19H,1,7-8,13H2,2H3. The molecule has 0 unspecified atom stereocenters. The van der Waals surface area contributed by atoms with Crippen LogP contribution in [0.1, 0.15) is 52.4 Å². The van der Waals surface area contributed by atoms with Crippen LogP contribution in [0.3, 0.4) is 0 Å². The summed E-state index contributed by atoms with van der Waals surface area (Å²) in [4.78, 5) is 4.22. The summed E-state index contributed by atoms with van der Waals surface area (Å²) >= 11 is 6.02. The summed E-state index contributed by atoms with van der Waals surface area (Å²) in [5.41, 5.74) is 7.10. The maximum atomic E-state index is 9.97. The van der Waals surface area contributed by atoms with Crippen LogP contribution in [0.2, 0.25) is 5.15 Å². The first-order chi connectivity index (χ1) is 13.5. The molecule has 137 valence electrons. The highest BCUT2D eigenvalue weighted by atomic mass is 35.5. The first-order valence-electron chi connectivity index (χ1n) is 9.13. The molecule has 1 aliphatic rings. The Hall–Kier alpha value is -3.08. The number of aromatic nitrogens is 2. The average Bonchev–Trinajstić information content (AvgIpc) is 3.50. The minimum atomic E-state index is 0.409. The Morgan fingerprint density at radius 3 is 2.50 bits per heavy atom. The number of pyridine rings is 1. The lowest BCUT2D eigenvalue weighted by Crippen LogP contribution is -2.07. The fraction of sp³-hybridized carbons (Fsp3) is 0.217. The summed E-state index contributed by atoms with van der Waals surface area (Å²) in [6.07, 6.45) is 3.97. The van der Waals surface area contributed by atoms with Crippen molar-refractivity contribution >= 4 is 11.6 Å².